The fraction of sp³-hybridized carbons (Fsp3) is 0.526. The Kier molecular flexibility index (Phi) is 5.62. The molecule has 1 saturated heterocycles. The van der Waals surface area contributed by atoms with Crippen molar-refractivity contribution in [3.8, 4) is 0 Å². The number of hydrogen-bond acceptors (Lipinski definition) is 4. The second-order valence-corrected chi connectivity index (χ2v) is 7.20. The fourth-order valence-electron chi connectivity index (χ4n) is 3.62. The van der Waals surface area contributed by atoms with Gasteiger partial charge in [-0.3, -0.25) is 14.5 Å². The average molecular weight is 376 g/mol. The maximum absolute atomic E-state index is 14.6. The van der Waals surface area contributed by atoms with Gasteiger partial charge in [-0.1, -0.05) is 19.3 Å². The predicted octanol–water partition coefficient (Wildman–Crippen LogP) is 2.43. The third-order valence-electron chi connectivity index (χ3n) is 5.39. The molecule has 8 heteroatoms. The van der Waals surface area contributed by atoms with Gasteiger partial charge in [-0.2, -0.15) is 0 Å². The van der Waals surface area contributed by atoms with Crippen molar-refractivity contribution in [2.45, 2.75) is 38.1 Å². The van der Waals surface area contributed by atoms with Crippen molar-refractivity contribution in [2.75, 3.05) is 37.4 Å². The second kappa shape index (κ2) is 7.94. The number of halogens is 1. The molecule has 1 aromatic rings. The van der Waals surface area contributed by atoms with E-state index in [-0.39, 0.29) is 18.8 Å². The normalized spacial score (nSPS) is 18.6. The van der Waals surface area contributed by atoms with Gasteiger partial charge >= 0.3 is 6.03 Å². The summed E-state index contributed by atoms with van der Waals surface area (Å²) in [5.74, 6) is -1.31. The molecule has 7 nitrogen and oxygen atoms in total. The molecule has 27 heavy (non-hydrogen) atoms. The number of carbonyl (C=O) groups excluding carboxylic acids is 3. The highest BCUT2D eigenvalue weighted by Gasteiger charge is 2.31. The first-order valence-corrected chi connectivity index (χ1v) is 9.24. The second-order valence-electron chi connectivity index (χ2n) is 7.20. The number of benzene rings is 1. The largest absolute Gasteiger partial charge is 0.369 e. The first kappa shape index (κ1) is 19.1. The van der Waals surface area contributed by atoms with E-state index in [9.17, 15) is 18.8 Å². The summed E-state index contributed by atoms with van der Waals surface area (Å²) in [6.07, 6.45) is 5.66. The zero-order valence-electron chi connectivity index (χ0n) is 15.7. The number of imide groups is 1. The SMILES string of the molecule is CN1C(=O)CN(C(=O)Nc2ccc(N(C)C3CCCCC3)c(F)c2)CC1=O. The summed E-state index contributed by atoms with van der Waals surface area (Å²) in [6.45, 7) is -0.363. The Labute approximate surface area is 158 Å². The number of anilines is 2. The van der Waals surface area contributed by atoms with Crippen LogP contribution in [-0.2, 0) is 9.59 Å². The number of piperazine rings is 1. The molecule has 146 valence electrons. The molecule has 2 aliphatic rings. The molecular formula is C19H25FN4O3. The molecule has 1 heterocycles. The lowest BCUT2D eigenvalue weighted by Gasteiger charge is -2.33. The van der Waals surface area contributed by atoms with E-state index in [0.29, 0.717) is 11.7 Å². The van der Waals surface area contributed by atoms with Crippen molar-refractivity contribution < 1.29 is 18.8 Å². The van der Waals surface area contributed by atoms with Gasteiger partial charge < -0.3 is 15.1 Å². The molecule has 0 radical (unpaired) electrons. The third kappa shape index (κ3) is 4.20. The fourth-order valence-corrected chi connectivity index (χ4v) is 3.62. The van der Waals surface area contributed by atoms with E-state index >= 15 is 0 Å². The molecule has 0 bridgehead atoms. The molecule has 0 atom stereocenters. The molecule has 1 N–H and O–H groups in total. The number of amides is 4. The molecule has 1 aliphatic heterocycles. The first-order valence-electron chi connectivity index (χ1n) is 9.24. The lowest BCUT2D eigenvalue weighted by molar-refractivity contribution is -0.147. The Balaban J connectivity index is 1.66. The lowest BCUT2D eigenvalue weighted by atomic mass is 9.94. The van der Waals surface area contributed by atoms with Crippen LogP contribution in [0.2, 0.25) is 0 Å². The van der Waals surface area contributed by atoms with Gasteiger partial charge in [0.25, 0.3) is 0 Å². The molecule has 4 amide bonds. The summed E-state index contributed by atoms with van der Waals surface area (Å²) >= 11 is 0. The van der Waals surface area contributed by atoms with E-state index in [2.05, 4.69) is 5.32 Å². The van der Waals surface area contributed by atoms with Gasteiger partial charge in [-0.05, 0) is 31.0 Å². The molecule has 1 aromatic carbocycles. The number of rotatable bonds is 3. The predicted molar refractivity (Wildman–Crippen MR) is 100 cm³/mol. The maximum Gasteiger partial charge on any atom is 0.322 e. The number of nitrogens with zero attached hydrogens (tertiary/aromatic N) is 3. The van der Waals surface area contributed by atoms with Gasteiger partial charge in [-0.25, -0.2) is 9.18 Å². The molecule has 0 unspecified atom stereocenters. The van der Waals surface area contributed by atoms with Crippen molar-refractivity contribution >= 4 is 29.2 Å². The third-order valence-corrected chi connectivity index (χ3v) is 5.39. The van der Waals surface area contributed by atoms with Crippen molar-refractivity contribution in [1.82, 2.24) is 9.80 Å². The van der Waals surface area contributed by atoms with Crippen LogP contribution >= 0.6 is 0 Å². The van der Waals surface area contributed by atoms with Crippen LogP contribution in [0.5, 0.6) is 0 Å². The van der Waals surface area contributed by atoms with Crippen LogP contribution in [0.4, 0.5) is 20.6 Å². The first-order chi connectivity index (χ1) is 12.9. The van der Waals surface area contributed by atoms with Gasteiger partial charge in [-0.15, -0.1) is 0 Å². The number of nitrogens with one attached hydrogen (secondary N) is 1. The van der Waals surface area contributed by atoms with E-state index in [0.717, 1.165) is 35.5 Å². The van der Waals surface area contributed by atoms with Crippen molar-refractivity contribution in [2.24, 2.45) is 0 Å². The van der Waals surface area contributed by atoms with E-state index in [1.54, 1.807) is 12.1 Å². The van der Waals surface area contributed by atoms with Gasteiger partial charge in [0.1, 0.15) is 18.9 Å². The molecule has 1 saturated carbocycles. The summed E-state index contributed by atoms with van der Waals surface area (Å²) in [7, 11) is 3.28. The van der Waals surface area contributed by atoms with Crippen LogP contribution in [0.15, 0.2) is 18.2 Å². The van der Waals surface area contributed by atoms with Gasteiger partial charge in [0.15, 0.2) is 0 Å². The number of carbonyl (C=O) groups is 3. The molecule has 2 fully saturated rings. The standard InChI is InChI=1S/C19H25FN4O3/c1-22(14-6-4-3-5-7-14)16-9-8-13(10-15(16)20)21-19(27)24-11-17(25)23(2)18(26)12-24/h8-10,14H,3-7,11-12H2,1-2H3,(H,21,27). The monoisotopic (exact) mass is 376 g/mol. The summed E-state index contributed by atoms with van der Waals surface area (Å²) in [5.41, 5.74) is 0.793. The number of hydrogen-bond donors (Lipinski definition) is 1. The smallest absolute Gasteiger partial charge is 0.322 e. The van der Waals surface area contributed by atoms with E-state index < -0.39 is 23.7 Å². The van der Waals surface area contributed by atoms with Gasteiger partial charge in [0.05, 0.1) is 5.69 Å². The topological polar surface area (TPSA) is 73.0 Å². The Bertz CT molecular complexity index is 730. The van der Waals surface area contributed by atoms with Crippen LogP contribution in [-0.4, -0.2) is 60.9 Å². The van der Waals surface area contributed by atoms with E-state index in [1.165, 1.54) is 19.5 Å². The summed E-state index contributed by atoms with van der Waals surface area (Å²) in [4.78, 5) is 39.8. The number of likely N-dealkylation sites (N-methyl/N-ethyl adjacent to an activating group) is 1. The zero-order chi connectivity index (χ0) is 19.6. The number of urea groups is 1. The van der Waals surface area contributed by atoms with Crippen molar-refractivity contribution in [3.05, 3.63) is 24.0 Å². The van der Waals surface area contributed by atoms with Gasteiger partial charge in [0.2, 0.25) is 11.8 Å². The summed E-state index contributed by atoms with van der Waals surface area (Å²) in [6, 6.07) is 4.29. The van der Waals surface area contributed by atoms with Crippen molar-refractivity contribution in [3.63, 3.8) is 0 Å². The molecule has 0 spiro atoms. The van der Waals surface area contributed by atoms with Crippen molar-refractivity contribution in [1.29, 1.82) is 0 Å². The van der Waals surface area contributed by atoms with Crippen LogP contribution in [0.1, 0.15) is 32.1 Å². The van der Waals surface area contributed by atoms with Crippen LogP contribution in [0.25, 0.3) is 0 Å². The Morgan fingerprint density at radius 2 is 1.78 bits per heavy atom. The Morgan fingerprint density at radius 1 is 1.15 bits per heavy atom. The molecule has 3 rings (SSSR count). The lowest BCUT2D eigenvalue weighted by Crippen LogP contribution is -2.54. The highest BCUT2D eigenvalue weighted by atomic mass is 19.1. The Morgan fingerprint density at radius 3 is 2.37 bits per heavy atom. The molecule has 0 aromatic heterocycles. The minimum Gasteiger partial charge on any atom is -0.369 e. The quantitative estimate of drug-likeness (QED) is 0.823. The summed E-state index contributed by atoms with van der Waals surface area (Å²) in [5, 5.41) is 2.56. The zero-order valence-corrected chi connectivity index (χ0v) is 15.7. The highest BCUT2D eigenvalue weighted by molar-refractivity contribution is 6.04. The van der Waals surface area contributed by atoms with E-state index in [4.69, 9.17) is 0 Å². The minimum absolute atomic E-state index is 0.181. The molecular weight excluding hydrogens is 351 g/mol. The molecule has 1 aliphatic carbocycles. The Hall–Kier alpha value is -2.64. The highest BCUT2D eigenvalue weighted by Crippen LogP contribution is 2.29. The minimum atomic E-state index is -0.599. The average Bonchev–Trinajstić information content (AvgIpc) is 2.66. The summed E-state index contributed by atoms with van der Waals surface area (Å²) < 4.78 is 14.6. The van der Waals surface area contributed by atoms with Crippen LogP contribution in [0.3, 0.4) is 0 Å². The van der Waals surface area contributed by atoms with E-state index in [1.807, 2.05) is 11.9 Å². The van der Waals surface area contributed by atoms with Gasteiger partial charge in [0, 0.05) is 25.8 Å². The van der Waals surface area contributed by atoms with Crippen LogP contribution in [0, 0.1) is 5.82 Å². The van der Waals surface area contributed by atoms with Crippen LogP contribution < -0.4 is 10.2 Å². The maximum atomic E-state index is 14.6.